The number of oxime groups is 1. The Bertz CT molecular complexity index is 1120. The van der Waals surface area contributed by atoms with Crippen molar-refractivity contribution in [3.8, 4) is 23.0 Å². The van der Waals surface area contributed by atoms with Crippen molar-refractivity contribution in [1.29, 1.82) is 0 Å². The van der Waals surface area contributed by atoms with Gasteiger partial charge in [-0.3, -0.25) is 0 Å². The van der Waals surface area contributed by atoms with E-state index in [2.05, 4.69) is 10.1 Å². The van der Waals surface area contributed by atoms with Crippen LogP contribution in [0.1, 0.15) is 16.8 Å². The monoisotopic (exact) mass is 414 g/mol. The molecule has 0 aliphatic heterocycles. The van der Waals surface area contributed by atoms with Gasteiger partial charge in [0.15, 0.2) is 18.1 Å². The highest BCUT2D eigenvalue weighted by molar-refractivity contribution is 5.80. The van der Waals surface area contributed by atoms with Crippen LogP contribution in [0.25, 0.3) is 11.5 Å². The second kappa shape index (κ2) is 10.1. The number of hydrogen-bond donors (Lipinski definition) is 0. The van der Waals surface area contributed by atoms with E-state index >= 15 is 0 Å². The van der Waals surface area contributed by atoms with Crippen molar-refractivity contribution in [2.75, 3.05) is 7.11 Å². The molecule has 0 atom stereocenters. The smallest absolute Gasteiger partial charge is 0.226 e. The molecule has 1 aromatic heterocycles. The molecule has 4 rings (SSSR count). The molecule has 3 aromatic carbocycles. The molecule has 0 fully saturated rings. The molecule has 6 heteroatoms. The highest BCUT2D eigenvalue weighted by Gasteiger charge is 2.07. The van der Waals surface area contributed by atoms with Gasteiger partial charge in [-0.25, -0.2) is 4.98 Å². The summed E-state index contributed by atoms with van der Waals surface area (Å²) in [4.78, 5) is 9.76. The molecule has 0 amide bonds. The molecule has 0 saturated heterocycles. The third-order valence-corrected chi connectivity index (χ3v) is 4.49. The number of rotatable bonds is 9. The summed E-state index contributed by atoms with van der Waals surface area (Å²) in [5.41, 5.74) is 3.50. The molecular formula is C25H22N2O4. The largest absolute Gasteiger partial charge is 0.493 e. The Morgan fingerprint density at radius 1 is 0.903 bits per heavy atom. The van der Waals surface area contributed by atoms with Crippen molar-refractivity contribution in [3.05, 3.63) is 102 Å². The summed E-state index contributed by atoms with van der Waals surface area (Å²) in [6.07, 6.45) is 3.18. The number of oxazole rings is 1. The molecule has 0 spiro atoms. The molecule has 31 heavy (non-hydrogen) atoms. The number of aromatic nitrogens is 1. The number of methoxy groups -OCH3 is 1. The molecule has 0 N–H and O–H groups in total. The van der Waals surface area contributed by atoms with Gasteiger partial charge < -0.3 is 18.7 Å². The van der Waals surface area contributed by atoms with E-state index in [-0.39, 0.29) is 6.61 Å². The fourth-order valence-electron chi connectivity index (χ4n) is 2.91. The average molecular weight is 414 g/mol. The van der Waals surface area contributed by atoms with Gasteiger partial charge in [0.05, 0.1) is 13.3 Å². The van der Waals surface area contributed by atoms with Crippen LogP contribution >= 0.6 is 0 Å². The minimum Gasteiger partial charge on any atom is -0.493 e. The lowest BCUT2D eigenvalue weighted by Gasteiger charge is -2.11. The van der Waals surface area contributed by atoms with E-state index < -0.39 is 0 Å². The van der Waals surface area contributed by atoms with Crippen LogP contribution < -0.4 is 9.47 Å². The minimum absolute atomic E-state index is 0.211. The summed E-state index contributed by atoms with van der Waals surface area (Å²) in [6.45, 7) is 0.679. The maximum Gasteiger partial charge on any atom is 0.226 e. The molecule has 4 aromatic rings. The van der Waals surface area contributed by atoms with Gasteiger partial charge in [0.25, 0.3) is 0 Å². The Morgan fingerprint density at radius 3 is 2.45 bits per heavy atom. The van der Waals surface area contributed by atoms with Crippen molar-refractivity contribution in [1.82, 2.24) is 4.98 Å². The molecule has 0 bridgehead atoms. The van der Waals surface area contributed by atoms with Crippen LogP contribution in [0.3, 0.4) is 0 Å². The Balaban J connectivity index is 1.32. The first-order valence-corrected chi connectivity index (χ1v) is 9.82. The van der Waals surface area contributed by atoms with Gasteiger partial charge in [-0.1, -0.05) is 53.7 Å². The number of hydrogen-bond acceptors (Lipinski definition) is 6. The summed E-state index contributed by atoms with van der Waals surface area (Å²) < 4.78 is 16.8. The lowest BCUT2D eigenvalue weighted by molar-refractivity contribution is 0.129. The van der Waals surface area contributed by atoms with Crippen LogP contribution in [-0.4, -0.2) is 18.3 Å². The number of ether oxygens (including phenoxy) is 2. The van der Waals surface area contributed by atoms with E-state index in [4.69, 9.17) is 18.7 Å². The van der Waals surface area contributed by atoms with Crippen LogP contribution in [0.4, 0.5) is 0 Å². The molecule has 0 unspecified atom stereocenters. The van der Waals surface area contributed by atoms with E-state index in [1.54, 1.807) is 19.6 Å². The average Bonchev–Trinajstić information content (AvgIpc) is 3.31. The van der Waals surface area contributed by atoms with Crippen molar-refractivity contribution in [2.24, 2.45) is 5.16 Å². The fourth-order valence-corrected chi connectivity index (χ4v) is 2.91. The summed E-state index contributed by atoms with van der Waals surface area (Å²) in [7, 11) is 1.61. The topological polar surface area (TPSA) is 66.1 Å². The van der Waals surface area contributed by atoms with Crippen LogP contribution in [0.15, 0.2) is 94.7 Å². The van der Waals surface area contributed by atoms with Crippen LogP contribution in [0, 0.1) is 0 Å². The zero-order chi connectivity index (χ0) is 21.3. The molecule has 156 valence electrons. The van der Waals surface area contributed by atoms with Crippen molar-refractivity contribution in [3.63, 3.8) is 0 Å². The minimum atomic E-state index is 0.211. The molecule has 1 heterocycles. The lowest BCUT2D eigenvalue weighted by atomic mass is 10.2. The number of nitrogens with zero attached hydrogens (tertiary/aromatic N) is 2. The van der Waals surface area contributed by atoms with E-state index in [1.807, 2.05) is 78.9 Å². The Morgan fingerprint density at radius 2 is 1.68 bits per heavy atom. The highest BCUT2D eigenvalue weighted by atomic mass is 16.6. The molecular weight excluding hydrogens is 392 g/mol. The highest BCUT2D eigenvalue weighted by Crippen LogP contribution is 2.28. The third kappa shape index (κ3) is 5.51. The van der Waals surface area contributed by atoms with Crippen molar-refractivity contribution < 1.29 is 18.7 Å². The maximum atomic E-state index is 5.87. The predicted octanol–water partition coefficient (Wildman–Crippen LogP) is 5.48. The third-order valence-electron chi connectivity index (χ3n) is 4.49. The van der Waals surface area contributed by atoms with Gasteiger partial charge in [-0.05, 0) is 35.9 Å². The van der Waals surface area contributed by atoms with Crippen LogP contribution in [0.5, 0.6) is 11.5 Å². The van der Waals surface area contributed by atoms with E-state index in [1.165, 1.54) is 0 Å². The quantitative estimate of drug-likeness (QED) is 0.268. The second-order valence-corrected chi connectivity index (χ2v) is 6.70. The zero-order valence-electron chi connectivity index (χ0n) is 17.1. The normalized spacial score (nSPS) is 10.9. The van der Waals surface area contributed by atoms with Gasteiger partial charge in [0, 0.05) is 11.1 Å². The van der Waals surface area contributed by atoms with Crippen molar-refractivity contribution in [2.45, 2.75) is 13.2 Å². The zero-order valence-corrected chi connectivity index (χ0v) is 17.1. The van der Waals surface area contributed by atoms with Gasteiger partial charge in [0.1, 0.15) is 18.6 Å². The Hall–Kier alpha value is -4.06. The summed E-state index contributed by atoms with van der Waals surface area (Å²) in [6, 6.07) is 25.3. The van der Waals surface area contributed by atoms with Crippen LogP contribution in [0.2, 0.25) is 0 Å². The van der Waals surface area contributed by atoms with Gasteiger partial charge in [0.2, 0.25) is 5.89 Å². The molecule has 0 aliphatic rings. The molecule has 0 saturated carbocycles. The summed E-state index contributed by atoms with van der Waals surface area (Å²) >= 11 is 0. The summed E-state index contributed by atoms with van der Waals surface area (Å²) in [5.74, 6) is 1.85. The first kappa shape index (κ1) is 20.2. The first-order chi connectivity index (χ1) is 15.3. The van der Waals surface area contributed by atoms with Gasteiger partial charge >= 0.3 is 0 Å². The maximum absolute atomic E-state index is 5.87. The fraction of sp³-hybridized carbons (Fsp3) is 0.120. The molecule has 0 radical (unpaired) electrons. The second-order valence-electron chi connectivity index (χ2n) is 6.70. The molecule has 0 aliphatic carbocycles. The first-order valence-electron chi connectivity index (χ1n) is 9.82. The number of benzene rings is 3. The van der Waals surface area contributed by atoms with Crippen molar-refractivity contribution >= 4 is 6.21 Å². The predicted molar refractivity (Wildman–Crippen MR) is 118 cm³/mol. The summed E-state index contributed by atoms with van der Waals surface area (Å²) in [5, 5.41) is 4.01. The van der Waals surface area contributed by atoms with Gasteiger partial charge in [-0.15, -0.1) is 0 Å². The molecule has 6 nitrogen and oxygen atoms in total. The Labute approximate surface area is 180 Å². The standard InChI is InChI=1S/C25H22N2O4/c1-28-24-14-20(12-13-23(24)29-16-19-8-4-2-5-9-19)15-26-31-18-22-17-30-25(27-22)21-10-6-3-7-11-21/h2-15,17H,16,18H2,1H3/b26-15+. The van der Waals surface area contributed by atoms with Crippen LogP contribution in [-0.2, 0) is 18.1 Å². The lowest BCUT2D eigenvalue weighted by Crippen LogP contribution is -1.98. The van der Waals surface area contributed by atoms with Gasteiger partial charge in [-0.2, -0.15) is 0 Å². The van der Waals surface area contributed by atoms with E-state index in [0.29, 0.717) is 29.7 Å². The Kier molecular flexibility index (Phi) is 6.60. The SMILES string of the molecule is COc1cc(/C=N/OCc2coc(-c3ccccc3)n2)ccc1OCc1ccccc1. The van der Waals surface area contributed by atoms with E-state index in [9.17, 15) is 0 Å². The van der Waals surface area contributed by atoms with E-state index in [0.717, 1.165) is 16.7 Å².